The van der Waals surface area contributed by atoms with Gasteiger partial charge in [0.05, 0.1) is 26.3 Å². The number of carbonyl (C=O) groups excluding carboxylic acids is 1. The number of nitrogens with zero attached hydrogens (tertiary/aromatic N) is 3. The second-order valence-corrected chi connectivity index (χ2v) is 7.77. The Hall–Kier alpha value is -3.55. The molecule has 32 heavy (non-hydrogen) atoms. The van der Waals surface area contributed by atoms with Gasteiger partial charge >= 0.3 is 5.97 Å². The molecule has 2 aromatic heterocycles. The molecule has 0 saturated heterocycles. The van der Waals surface area contributed by atoms with Crippen molar-refractivity contribution in [3.63, 3.8) is 0 Å². The van der Waals surface area contributed by atoms with Gasteiger partial charge in [0.15, 0.2) is 5.82 Å². The maximum absolute atomic E-state index is 14.6. The number of hydrogen-bond acceptors (Lipinski definition) is 7. The number of methoxy groups -OCH3 is 2. The summed E-state index contributed by atoms with van der Waals surface area (Å²) in [5.74, 6) is 0.176. The molecule has 0 bridgehead atoms. The van der Waals surface area contributed by atoms with Crippen LogP contribution >= 0.6 is 0 Å². The number of anilines is 1. The van der Waals surface area contributed by atoms with Crippen LogP contribution in [-0.2, 0) is 9.53 Å². The van der Waals surface area contributed by atoms with Gasteiger partial charge in [-0.05, 0) is 48.9 Å². The highest BCUT2D eigenvalue weighted by atomic mass is 19.1. The highest BCUT2D eigenvalue weighted by molar-refractivity contribution is 5.73. The predicted octanol–water partition coefficient (Wildman–Crippen LogP) is 4.50. The molecule has 7 nitrogen and oxygen atoms in total. The molecule has 8 heteroatoms. The second-order valence-electron chi connectivity index (χ2n) is 7.77. The molecule has 1 N–H and O–H groups in total. The van der Waals surface area contributed by atoms with E-state index >= 15 is 0 Å². The summed E-state index contributed by atoms with van der Waals surface area (Å²) in [6, 6.07) is 11.3. The number of rotatable bonds is 6. The van der Waals surface area contributed by atoms with E-state index < -0.39 is 5.82 Å². The molecular formula is C24H25FN4O3. The number of halogens is 1. The quantitative estimate of drug-likeness (QED) is 0.570. The number of ether oxygens (including phenoxy) is 2. The summed E-state index contributed by atoms with van der Waals surface area (Å²) in [5.41, 5.74) is 2.69. The monoisotopic (exact) mass is 436 g/mol. The highest BCUT2D eigenvalue weighted by Crippen LogP contribution is 2.30. The third kappa shape index (κ3) is 4.85. The third-order valence-electron chi connectivity index (χ3n) is 5.75. The molecule has 1 aliphatic rings. The van der Waals surface area contributed by atoms with Crippen LogP contribution in [0.4, 0.5) is 10.3 Å². The average molecular weight is 436 g/mol. The second kappa shape index (κ2) is 9.72. The number of nitrogens with one attached hydrogen (secondary N) is 1. The SMILES string of the molecule is COc1cc(-c2cccc(-c3nc(N[C@H]4CC[C@H](C(=O)OC)CC4)ncc3F)c2)ccn1. The number of benzene rings is 1. The molecule has 0 radical (unpaired) electrons. The Balaban J connectivity index is 1.53. The normalized spacial score (nSPS) is 18.1. The lowest BCUT2D eigenvalue weighted by atomic mass is 9.86. The Morgan fingerprint density at radius 2 is 1.78 bits per heavy atom. The minimum absolute atomic E-state index is 0.0581. The van der Waals surface area contributed by atoms with Gasteiger partial charge in [-0.1, -0.05) is 18.2 Å². The first-order chi connectivity index (χ1) is 15.6. The van der Waals surface area contributed by atoms with Gasteiger partial charge in [-0.25, -0.2) is 19.3 Å². The molecule has 1 fully saturated rings. The van der Waals surface area contributed by atoms with E-state index in [2.05, 4.69) is 20.3 Å². The summed E-state index contributed by atoms with van der Waals surface area (Å²) in [4.78, 5) is 24.4. The van der Waals surface area contributed by atoms with Crippen LogP contribution in [0, 0.1) is 11.7 Å². The number of aromatic nitrogens is 3. The predicted molar refractivity (Wildman–Crippen MR) is 119 cm³/mol. The largest absolute Gasteiger partial charge is 0.481 e. The summed E-state index contributed by atoms with van der Waals surface area (Å²) in [6.07, 6.45) is 5.95. The van der Waals surface area contributed by atoms with Crippen LogP contribution < -0.4 is 10.1 Å². The summed E-state index contributed by atoms with van der Waals surface area (Å²) in [6.45, 7) is 0. The first-order valence-corrected chi connectivity index (χ1v) is 10.5. The number of esters is 1. The molecule has 0 atom stereocenters. The lowest BCUT2D eigenvalue weighted by Crippen LogP contribution is -2.30. The Kier molecular flexibility index (Phi) is 6.58. The van der Waals surface area contributed by atoms with Crippen LogP contribution in [0.25, 0.3) is 22.4 Å². The fraction of sp³-hybridized carbons (Fsp3) is 0.333. The van der Waals surface area contributed by atoms with Gasteiger partial charge in [-0.2, -0.15) is 0 Å². The Bertz CT molecular complexity index is 1100. The van der Waals surface area contributed by atoms with Crippen molar-refractivity contribution >= 4 is 11.9 Å². The van der Waals surface area contributed by atoms with E-state index in [9.17, 15) is 9.18 Å². The van der Waals surface area contributed by atoms with Gasteiger partial charge < -0.3 is 14.8 Å². The first-order valence-electron chi connectivity index (χ1n) is 10.5. The molecule has 1 aromatic carbocycles. The fourth-order valence-electron chi connectivity index (χ4n) is 4.01. The first kappa shape index (κ1) is 21.7. The van der Waals surface area contributed by atoms with E-state index in [4.69, 9.17) is 9.47 Å². The van der Waals surface area contributed by atoms with E-state index in [1.807, 2.05) is 36.4 Å². The molecule has 4 rings (SSSR count). The average Bonchev–Trinajstić information content (AvgIpc) is 2.85. The summed E-state index contributed by atoms with van der Waals surface area (Å²) < 4.78 is 24.7. The zero-order valence-electron chi connectivity index (χ0n) is 18.0. The topological polar surface area (TPSA) is 86.2 Å². The Morgan fingerprint density at radius 3 is 2.53 bits per heavy atom. The molecule has 0 amide bonds. The van der Waals surface area contributed by atoms with Gasteiger partial charge in [0.25, 0.3) is 0 Å². The number of hydrogen-bond donors (Lipinski definition) is 1. The zero-order chi connectivity index (χ0) is 22.5. The lowest BCUT2D eigenvalue weighted by Gasteiger charge is -2.27. The molecule has 1 saturated carbocycles. The Morgan fingerprint density at radius 1 is 1.03 bits per heavy atom. The van der Waals surface area contributed by atoms with E-state index in [1.54, 1.807) is 13.3 Å². The van der Waals surface area contributed by atoms with Crippen LogP contribution in [0.3, 0.4) is 0 Å². The van der Waals surface area contributed by atoms with Crippen molar-refractivity contribution < 1.29 is 18.7 Å². The molecule has 0 spiro atoms. The van der Waals surface area contributed by atoms with Crippen molar-refractivity contribution in [3.05, 3.63) is 54.6 Å². The van der Waals surface area contributed by atoms with Crippen LogP contribution in [0.1, 0.15) is 25.7 Å². The standard InChI is InChI=1S/C24H25FN4O3/c1-31-21-13-17(10-11-26-21)16-4-3-5-18(12-16)22-20(25)14-27-24(29-22)28-19-8-6-15(7-9-19)23(30)32-2/h3-5,10-15,19H,6-9H2,1-2H3,(H,27,28,29)/t15-,19-. The van der Waals surface area contributed by atoms with Crippen molar-refractivity contribution in [2.75, 3.05) is 19.5 Å². The molecule has 1 aliphatic carbocycles. The molecule has 166 valence electrons. The van der Waals surface area contributed by atoms with E-state index in [1.165, 1.54) is 13.3 Å². The maximum Gasteiger partial charge on any atom is 0.308 e. The maximum atomic E-state index is 14.6. The summed E-state index contributed by atoms with van der Waals surface area (Å²) >= 11 is 0. The van der Waals surface area contributed by atoms with Crippen molar-refractivity contribution in [3.8, 4) is 28.3 Å². The molecule has 0 unspecified atom stereocenters. The summed E-state index contributed by atoms with van der Waals surface area (Å²) in [7, 11) is 2.98. The van der Waals surface area contributed by atoms with Crippen molar-refractivity contribution in [1.82, 2.24) is 15.0 Å². The van der Waals surface area contributed by atoms with Gasteiger partial charge in [0.1, 0.15) is 5.69 Å². The molecular weight excluding hydrogens is 411 g/mol. The highest BCUT2D eigenvalue weighted by Gasteiger charge is 2.27. The van der Waals surface area contributed by atoms with Crippen LogP contribution in [0.5, 0.6) is 5.88 Å². The fourth-order valence-corrected chi connectivity index (χ4v) is 4.01. The third-order valence-corrected chi connectivity index (χ3v) is 5.75. The lowest BCUT2D eigenvalue weighted by molar-refractivity contribution is -0.146. The van der Waals surface area contributed by atoms with Gasteiger partial charge in [0.2, 0.25) is 11.8 Å². The minimum atomic E-state index is -0.491. The number of carbonyl (C=O) groups is 1. The molecule has 0 aliphatic heterocycles. The van der Waals surface area contributed by atoms with Crippen molar-refractivity contribution in [2.24, 2.45) is 5.92 Å². The molecule has 2 heterocycles. The summed E-state index contributed by atoms with van der Waals surface area (Å²) in [5, 5.41) is 3.29. The van der Waals surface area contributed by atoms with Crippen molar-refractivity contribution in [2.45, 2.75) is 31.7 Å². The zero-order valence-corrected chi connectivity index (χ0v) is 18.0. The van der Waals surface area contributed by atoms with Crippen LogP contribution in [-0.4, -0.2) is 41.2 Å². The minimum Gasteiger partial charge on any atom is -0.481 e. The van der Waals surface area contributed by atoms with E-state index in [0.29, 0.717) is 17.4 Å². The van der Waals surface area contributed by atoms with Gasteiger partial charge in [0, 0.05) is 23.9 Å². The van der Waals surface area contributed by atoms with Crippen molar-refractivity contribution in [1.29, 1.82) is 0 Å². The van der Waals surface area contributed by atoms with Crippen LogP contribution in [0.2, 0.25) is 0 Å². The molecule has 3 aromatic rings. The smallest absolute Gasteiger partial charge is 0.308 e. The Labute approximate surface area is 186 Å². The van der Waals surface area contributed by atoms with Crippen LogP contribution in [0.15, 0.2) is 48.8 Å². The van der Waals surface area contributed by atoms with Gasteiger partial charge in [-0.3, -0.25) is 4.79 Å². The van der Waals surface area contributed by atoms with E-state index in [0.717, 1.165) is 36.8 Å². The van der Waals surface area contributed by atoms with Gasteiger partial charge in [-0.15, -0.1) is 0 Å². The van der Waals surface area contributed by atoms with E-state index in [-0.39, 0.29) is 23.6 Å². The number of pyridine rings is 1.